The molecule has 0 fully saturated rings. The summed E-state index contributed by atoms with van der Waals surface area (Å²) >= 11 is 0. The molecule has 2 aromatic rings. The van der Waals surface area contributed by atoms with Gasteiger partial charge in [-0.25, -0.2) is 0 Å². The predicted octanol–water partition coefficient (Wildman–Crippen LogP) is 3.20. The monoisotopic (exact) mass is 253 g/mol. The van der Waals surface area contributed by atoms with E-state index in [1.54, 1.807) is 19.2 Å². The lowest BCUT2D eigenvalue weighted by Gasteiger charge is -2.12. The highest BCUT2D eigenvalue weighted by Gasteiger charge is 2.33. The molecule has 94 valence electrons. The molecule has 0 aromatic carbocycles. The summed E-state index contributed by atoms with van der Waals surface area (Å²) in [6.07, 6.45) is -0.678. The van der Waals surface area contributed by atoms with Gasteiger partial charge in [0.25, 0.3) is 0 Å². The van der Waals surface area contributed by atoms with Crippen molar-refractivity contribution in [2.45, 2.75) is 6.18 Å². The van der Waals surface area contributed by atoms with Gasteiger partial charge < -0.3 is 5.32 Å². The van der Waals surface area contributed by atoms with E-state index < -0.39 is 11.7 Å². The number of rotatable bonds is 2. The highest BCUT2D eigenvalue weighted by molar-refractivity contribution is 5.66. The van der Waals surface area contributed by atoms with Gasteiger partial charge in [-0.1, -0.05) is 0 Å². The average molecular weight is 253 g/mol. The molecule has 0 aliphatic heterocycles. The van der Waals surface area contributed by atoms with Crippen molar-refractivity contribution in [3.05, 3.63) is 42.4 Å². The normalized spacial score (nSPS) is 11.3. The van der Waals surface area contributed by atoms with Crippen LogP contribution in [0.25, 0.3) is 11.3 Å². The SMILES string of the molecule is CNc1ccnc(-c2cnccc2C(F)(F)F)c1. The summed E-state index contributed by atoms with van der Waals surface area (Å²) in [6.45, 7) is 0. The van der Waals surface area contributed by atoms with Crippen LogP contribution in [0.15, 0.2) is 36.8 Å². The zero-order valence-electron chi connectivity index (χ0n) is 9.49. The molecule has 1 N–H and O–H groups in total. The van der Waals surface area contributed by atoms with E-state index in [1.807, 2.05) is 0 Å². The fraction of sp³-hybridized carbons (Fsp3) is 0.167. The Bertz CT molecular complexity index is 552. The van der Waals surface area contributed by atoms with Gasteiger partial charge in [0.15, 0.2) is 0 Å². The second-order valence-corrected chi connectivity index (χ2v) is 3.60. The number of hydrogen-bond acceptors (Lipinski definition) is 3. The van der Waals surface area contributed by atoms with E-state index in [0.717, 1.165) is 12.3 Å². The molecule has 18 heavy (non-hydrogen) atoms. The fourth-order valence-electron chi connectivity index (χ4n) is 1.58. The third-order valence-electron chi connectivity index (χ3n) is 2.45. The van der Waals surface area contributed by atoms with Crippen LogP contribution in [-0.4, -0.2) is 17.0 Å². The highest BCUT2D eigenvalue weighted by atomic mass is 19.4. The van der Waals surface area contributed by atoms with E-state index in [2.05, 4.69) is 15.3 Å². The Kier molecular flexibility index (Phi) is 3.18. The van der Waals surface area contributed by atoms with Gasteiger partial charge in [0.2, 0.25) is 0 Å². The molecular formula is C12H10F3N3. The van der Waals surface area contributed by atoms with E-state index in [1.165, 1.54) is 12.4 Å². The first-order valence-corrected chi connectivity index (χ1v) is 5.18. The molecule has 0 amide bonds. The van der Waals surface area contributed by atoms with Gasteiger partial charge in [-0.3, -0.25) is 9.97 Å². The van der Waals surface area contributed by atoms with E-state index in [9.17, 15) is 13.2 Å². The lowest BCUT2D eigenvalue weighted by molar-refractivity contribution is -0.137. The Balaban J connectivity index is 2.57. The minimum Gasteiger partial charge on any atom is -0.388 e. The van der Waals surface area contributed by atoms with Crippen molar-refractivity contribution in [3.63, 3.8) is 0 Å². The first kappa shape index (κ1) is 12.3. The largest absolute Gasteiger partial charge is 0.417 e. The van der Waals surface area contributed by atoms with Crippen LogP contribution in [0.5, 0.6) is 0 Å². The standard InChI is InChI=1S/C12H10F3N3/c1-16-8-2-5-18-11(6-8)9-7-17-4-3-10(9)12(13,14)15/h2-7H,1H3,(H,16,18). The maximum Gasteiger partial charge on any atom is 0.417 e. The molecule has 0 radical (unpaired) electrons. The predicted molar refractivity (Wildman–Crippen MR) is 62.0 cm³/mol. The number of pyridine rings is 2. The summed E-state index contributed by atoms with van der Waals surface area (Å²) < 4.78 is 38.5. The number of anilines is 1. The summed E-state index contributed by atoms with van der Waals surface area (Å²) in [4.78, 5) is 7.68. The van der Waals surface area contributed by atoms with Gasteiger partial charge in [0.05, 0.1) is 11.3 Å². The lowest BCUT2D eigenvalue weighted by Crippen LogP contribution is -2.08. The van der Waals surface area contributed by atoms with Crippen molar-refractivity contribution < 1.29 is 13.2 Å². The summed E-state index contributed by atoms with van der Waals surface area (Å²) in [5.41, 5.74) is 0.166. The fourth-order valence-corrected chi connectivity index (χ4v) is 1.58. The third-order valence-corrected chi connectivity index (χ3v) is 2.45. The zero-order valence-corrected chi connectivity index (χ0v) is 9.49. The first-order valence-electron chi connectivity index (χ1n) is 5.18. The smallest absolute Gasteiger partial charge is 0.388 e. The number of nitrogens with zero attached hydrogens (tertiary/aromatic N) is 2. The highest BCUT2D eigenvalue weighted by Crippen LogP contribution is 2.36. The number of alkyl halides is 3. The summed E-state index contributed by atoms with van der Waals surface area (Å²) in [5.74, 6) is 0. The Morgan fingerprint density at radius 1 is 1.17 bits per heavy atom. The van der Waals surface area contributed by atoms with E-state index in [0.29, 0.717) is 5.69 Å². The molecule has 3 nitrogen and oxygen atoms in total. The Morgan fingerprint density at radius 3 is 2.61 bits per heavy atom. The van der Waals surface area contributed by atoms with E-state index >= 15 is 0 Å². The van der Waals surface area contributed by atoms with Crippen molar-refractivity contribution in [3.8, 4) is 11.3 Å². The van der Waals surface area contributed by atoms with Crippen LogP contribution >= 0.6 is 0 Å². The van der Waals surface area contributed by atoms with Gasteiger partial charge in [-0.2, -0.15) is 13.2 Å². The quantitative estimate of drug-likeness (QED) is 0.893. The van der Waals surface area contributed by atoms with Crippen molar-refractivity contribution in [2.24, 2.45) is 0 Å². The molecule has 6 heteroatoms. The van der Waals surface area contributed by atoms with Gasteiger partial charge in [0.1, 0.15) is 0 Å². The van der Waals surface area contributed by atoms with Crippen LogP contribution in [0.3, 0.4) is 0 Å². The second kappa shape index (κ2) is 4.64. The molecule has 0 spiro atoms. The van der Waals surface area contributed by atoms with E-state index in [4.69, 9.17) is 0 Å². The maximum absolute atomic E-state index is 12.8. The number of halogens is 3. The average Bonchev–Trinajstić information content (AvgIpc) is 2.38. The summed E-state index contributed by atoms with van der Waals surface area (Å²) in [5, 5.41) is 2.85. The van der Waals surface area contributed by atoms with Crippen LogP contribution in [0, 0.1) is 0 Å². The van der Waals surface area contributed by atoms with Crippen LogP contribution in [0.4, 0.5) is 18.9 Å². The van der Waals surface area contributed by atoms with Gasteiger partial charge in [-0.15, -0.1) is 0 Å². The third kappa shape index (κ3) is 2.42. The molecule has 2 heterocycles. The topological polar surface area (TPSA) is 37.8 Å². The second-order valence-electron chi connectivity index (χ2n) is 3.60. The molecule has 0 unspecified atom stereocenters. The summed E-state index contributed by atoms with van der Waals surface area (Å²) in [6, 6.07) is 4.17. The maximum atomic E-state index is 12.8. The number of nitrogens with one attached hydrogen (secondary N) is 1. The molecule has 2 rings (SSSR count). The van der Waals surface area contributed by atoms with Crippen LogP contribution < -0.4 is 5.32 Å². The first-order chi connectivity index (χ1) is 8.52. The van der Waals surface area contributed by atoms with Crippen molar-refractivity contribution in [2.75, 3.05) is 12.4 Å². The molecule has 0 saturated carbocycles. The van der Waals surface area contributed by atoms with Gasteiger partial charge >= 0.3 is 6.18 Å². The van der Waals surface area contributed by atoms with Gasteiger partial charge in [0, 0.05) is 36.9 Å². The van der Waals surface area contributed by atoms with Crippen molar-refractivity contribution >= 4 is 5.69 Å². The molecule has 0 bridgehead atoms. The molecule has 0 saturated heterocycles. The molecular weight excluding hydrogens is 243 g/mol. The molecule has 0 aliphatic rings. The molecule has 0 atom stereocenters. The Morgan fingerprint density at radius 2 is 1.94 bits per heavy atom. The number of hydrogen-bond donors (Lipinski definition) is 1. The Labute approximate surface area is 102 Å². The molecule has 2 aromatic heterocycles. The van der Waals surface area contributed by atoms with Crippen LogP contribution in [0.2, 0.25) is 0 Å². The Hall–Kier alpha value is -2.11. The lowest BCUT2D eigenvalue weighted by atomic mass is 10.1. The van der Waals surface area contributed by atoms with Crippen LogP contribution in [0.1, 0.15) is 5.56 Å². The summed E-state index contributed by atoms with van der Waals surface area (Å²) in [7, 11) is 1.69. The number of aromatic nitrogens is 2. The zero-order chi connectivity index (χ0) is 13.2. The van der Waals surface area contributed by atoms with Crippen molar-refractivity contribution in [1.82, 2.24) is 9.97 Å². The molecule has 0 aliphatic carbocycles. The van der Waals surface area contributed by atoms with Crippen molar-refractivity contribution in [1.29, 1.82) is 0 Å². The minimum atomic E-state index is -4.42. The minimum absolute atomic E-state index is 0.0258. The van der Waals surface area contributed by atoms with Gasteiger partial charge in [-0.05, 0) is 18.2 Å². The van der Waals surface area contributed by atoms with Crippen LogP contribution in [-0.2, 0) is 6.18 Å². The van der Waals surface area contributed by atoms with E-state index in [-0.39, 0.29) is 11.3 Å².